The van der Waals surface area contributed by atoms with Crippen LogP contribution in [0.15, 0.2) is 41.3 Å². The zero-order valence-electron chi connectivity index (χ0n) is 11.3. The van der Waals surface area contributed by atoms with E-state index in [-0.39, 0.29) is 16.2 Å². The highest BCUT2D eigenvalue weighted by atomic mass is 35.5. The minimum Gasteiger partial charge on any atom is -0.324 e. The van der Waals surface area contributed by atoms with E-state index in [4.69, 9.17) is 11.6 Å². The average Bonchev–Trinajstić information content (AvgIpc) is 2.85. The van der Waals surface area contributed by atoms with Crippen molar-refractivity contribution in [2.45, 2.75) is 23.5 Å². The molecule has 0 radical (unpaired) electrons. The summed E-state index contributed by atoms with van der Waals surface area (Å²) in [7, 11) is 0. The summed E-state index contributed by atoms with van der Waals surface area (Å²) < 4.78 is 13.0. The van der Waals surface area contributed by atoms with Crippen LogP contribution in [0.4, 0.5) is 10.1 Å². The van der Waals surface area contributed by atoms with Crippen molar-refractivity contribution >= 4 is 35.0 Å². The number of halogens is 2. The summed E-state index contributed by atoms with van der Waals surface area (Å²) in [5.74, 6) is -0.529. The number of hydrogen-bond acceptors (Lipinski definition) is 2. The lowest BCUT2D eigenvalue weighted by Gasteiger charge is -2.11. The molecule has 1 N–H and O–H groups in total. The zero-order chi connectivity index (χ0) is 15.0. The summed E-state index contributed by atoms with van der Waals surface area (Å²) in [5.41, 5.74) is 2.82. The largest absolute Gasteiger partial charge is 0.324 e. The molecule has 1 heterocycles. The molecule has 1 amide bonds. The van der Waals surface area contributed by atoms with Crippen LogP contribution in [-0.4, -0.2) is 11.2 Å². The van der Waals surface area contributed by atoms with Crippen molar-refractivity contribution in [1.82, 2.24) is 0 Å². The lowest BCUT2D eigenvalue weighted by atomic mass is 10.1. The van der Waals surface area contributed by atoms with Gasteiger partial charge in [0.15, 0.2) is 0 Å². The molecule has 2 aromatic rings. The molecule has 0 aliphatic carbocycles. The van der Waals surface area contributed by atoms with Gasteiger partial charge in [0.05, 0.1) is 16.0 Å². The number of carbonyl (C=O) groups excluding carboxylic acids is 1. The van der Waals surface area contributed by atoms with E-state index in [9.17, 15) is 9.18 Å². The molecule has 2 nitrogen and oxygen atoms in total. The smallest absolute Gasteiger partial charge is 0.238 e. The third kappa shape index (κ3) is 3.06. The van der Waals surface area contributed by atoms with E-state index >= 15 is 0 Å². The maximum Gasteiger partial charge on any atom is 0.238 e. The highest BCUT2D eigenvalue weighted by molar-refractivity contribution is 8.01. The highest BCUT2D eigenvalue weighted by Gasteiger charge is 2.28. The Kier molecular flexibility index (Phi) is 3.91. The van der Waals surface area contributed by atoms with E-state index < -0.39 is 5.82 Å². The van der Waals surface area contributed by atoms with Crippen molar-refractivity contribution in [3.05, 3.63) is 58.4 Å². The van der Waals surface area contributed by atoms with Crippen LogP contribution in [0.1, 0.15) is 11.1 Å². The van der Waals surface area contributed by atoms with E-state index in [1.54, 1.807) is 11.8 Å². The molecule has 21 heavy (non-hydrogen) atoms. The summed E-state index contributed by atoms with van der Waals surface area (Å²) in [6.45, 7) is 2.03. The van der Waals surface area contributed by atoms with E-state index in [0.717, 1.165) is 4.90 Å². The quantitative estimate of drug-likeness (QED) is 0.885. The second kappa shape index (κ2) is 5.70. The van der Waals surface area contributed by atoms with Crippen LogP contribution in [0, 0.1) is 12.7 Å². The number of thioether (sulfide) groups is 1. The second-order valence-electron chi connectivity index (χ2n) is 5.04. The Bertz CT molecular complexity index is 719. The van der Waals surface area contributed by atoms with Gasteiger partial charge in [0.2, 0.25) is 5.91 Å². The molecule has 2 aromatic carbocycles. The maximum atomic E-state index is 13.0. The zero-order valence-corrected chi connectivity index (χ0v) is 12.9. The van der Waals surface area contributed by atoms with Crippen molar-refractivity contribution in [2.24, 2.45) is 0 Å². The fourth-order valence-corrected chi connectivity index (χ4v) is 3.79. The molecule has 1 aliphatic heterocycles. The summed E-state index contributed by atoms with van der Waals surface area (Å²) in [6.07, 6.45) is 0.699. The van der Waals surface area contributed by atoms with Gasteiger partial charge in [0.1, 0.15) is 5.82 Å². The molecule has 1 unspecified atom stereocenters. The van der Waals surface area contributed by atoms with E-state index in [2.05, 4.69) is 23.5 Å². The van der Waals surface area contributed by atoms with Gasteiger partial charge in [0, 0.05) is 4.90 Å². The number of aryl methyl sites for hydroxylation is 1. The first-order chi connectivity index (χ1) is 10.0. The van der Waals surface area contributed by atoms with E-state index in [1.807, 2.05) is 6.92 Å². The van der Waals surface area contributed by atoms with Gasteiger partial charge < -0.3 is 5.32 Å². The molecule has 1 atom stereocenters. The second-order valence-corrected chi connectivity index (χ2v) is 6.69. The number of anilines is 1. The van der Waals surface area contributed by atoms with Crippen molar-refractivity contribution in [3.63, 3.8) is 0 Å². The normalized spacial score (nSPS) is 16.6. The fraction of sp³-hybridized carbons (Fsp3) is 0.188. The highest BCUT2D eigenvalue weighted by Crippen LogP contribution is 2.38. The van der Waals surface area contributed by atoms with E-state index in [1.165, 1.54) is 29.3 Å². The molecule has 1 aliphatic rings. The SMILES string of the molecule is Cc1ccc2c(c1)SC(C(=O)Nc1ccc(F)cc1Cl)C2. The molecule has 0 bridgehead atoms. The van der Waals surface area contributed by atoms with Gasteiger partial charge in [-0.05, 0) is 43.2 Å². The van der Waals surface area contributed by atoms with Gasteiger partial charge in [-0.2, -0.15) is 0 Å². The summed E-state index contributed by atoms with van der Waals surface area (Å²) in [5, 5.41) is 2.80. The van der Waals surface area contributed by atoms with Crippen LogP contribution < -0.4 is 5.32 Å². The Labute approximate surface area is 131 Å². The topological polar surface area (TPSA) is 29.1 Å². The molecule has 108 valence electrons. The molecule has 5 heteroatoms. The lowest BCUT2D eigenvalue weighted by molar-refractivity contribution is -0.115. The van der Waals surface area contributed by atoms with Gasteiger partial charge in [-0.3, -0.25) is 4.79 Å². The van der Waals surface area contributed by atoms with Crippen molar-refractivity contribution in [2.75, 3.05) is 5.32 Å². The Morgan fingerprint density at radius 1 is 1.33 bits per heavy atom. The fourth-order valence-electron chi connectivity index (χ4n) is 2.29. The first kappa shape index (κ1) is 14.4. The Balaban J connectivity index is 1.73. The van der Waals surface area contributed by atoms with E-state index in [0.29, 0.717) is 12.1 Å². The minimum atomic E-state index is -0.420. The van der Waals surface area contributed by atoms with Crippen LogP contribution in [0.3, 0.4) is 0 Å². The third-order valence-electron chi connectivity index (χ3n) is 3.38. The maximum absolute atomic E-state index is 13.0. The molecule has 0 saturated carbocycles. The standard InChI is InChI=1S/C16H13ClFNOS/c1-9-2-3-10-7-15(21-14(10)6-9)16(20)19-13-5-4-11(18)8-12(13)17/h2-6,8,15H,7H2,1H3,(H,19,20). The van der Waals surface area contributed by atoms with Gasteiger partial charge in [-0.15, -0.1) is 11.8 Å². The molecule has 0 aromatic heterocycles. The van der Waals surface area contributed by atoms with Gasteiger partial charge in [0.25, 0.3) is 0 Å². The number of amides is 1. The van der Waals surface area contributed by atoms with Crippen LogP contribution in [-0.2, 0) is 11.2 Å². The molecule has 0 saturated heterocycles. The number of carbonyl (C=O) groups is 1. The molecular formula is C16H13ClFNOS. The summed E-state index contributed by atoms with van der Waals surface area (Å²) in [4.78, 5) is 13.5. The molecule has 0 fully saturated rings. The number of rotatable bonds is 2. The van der Waals surface area contributed by atoms with Crippen LogP contribution in [0.2, 0.25) is 5.02 Å². The number of fused-ring (bicyclic) bond motifs is 1. The van der Waals surface area contributed by atoms with Crippen molar-refractivity contribution < 1.29 is 9.18 Å². The Morgan fingerprint density at radius 3 is 2.90 bits per heavy atom. The van der Waals surface area contributed by atoms with Gasteiger partial charge >= 0.3 is 0 Å². The van der Waals surface area contributed by atoms with Crippen LogP contribution in [0.5, 0.6) is 0 Å². The number of hydrogen-bond donors (Lipinski definition) is 1. The minimum absolute atomic E-state index is 0.109. The van der Waals surface area contributed by atoms with Gasteiger partial charge in [-0.1, -0.05) is 29.3 Å². The summed E-state index contributed by atoms with van der Waals surface area (Å²) >= 11 is 7.49. The molecular weight excluding hydrogens is 309 g/mol. The first-order valence-electron chi connectivity index (χ1n) is 6.55. The lowest BCUT2D eigenvalue weighted by Crippen LogP contribution is -2.24. The van der Waals surface area contributed by atoms with Crippen molar-refractivity contribution in [1.29, 1.82) is 0 Å². The average molecular weight is 322 g/mol. The van der Waals surface area contributed by atoms with Gasteiger partial charge in [-0.25, -0.2) is 4.39 Å². The third-order valence-corrected chi connectivity index (χ3v) is 4.99. The monoisotopic (exact) mass is 321 g/mol. The molecule has 3 rings (SSSR count). The predicted octanol–water partition coefficient (Wildman–Crippen LogP) is 4.44. The number of nitrogens with one attached hydrogen (secondary N) is 1. The van der Waals surface area contributed by atoms with Crippen LogP contribution >= 0.6 is 23.4 Å². The Morgan fingerprint density at radius 2 is 2.14 bits per heavy atom. The molecule has 0 spiro atoms. The van der Waals surface area contributed by atoms with Crippen LogP contribution in [0.25, 0.3) is 0 Å². The van der Waals surface area contributed by atoms with Crippen molar-refractivity contribution in [3.8, 4) is 0 Å². The number of benzene rings is 2. The predicted molar refractivity (Wildman–Crippen MR) is 84.6 cm³/mol. The Hall–Kier alpha value is -1.52. The summed E-state index contributed by atoms with van der Waals surface area (Å²) in [6, 6.07) is 10.2. The first-order valence-corrected chi connectivity index (χ1v) is 7.81.